The second kappa shape index (κ2) is 7.18. The first-order valence-corrected chi connectivity index (χ1v) is 8.10. The van der Waals surface area contributed by atoms with Crippen LogP contribution in [0.4, 0.5) is 0 Å². The second-order valence-electron chi connectivity index (χ2n) is 5.97. The van der Waals surface area contributed by atoms with Gasteiger partial charge < -0.3 is 10.1 Å². The Morgan fingerprint density at radius 2 is 1.71 bits per heavy atom. The number of carbonyl (C=O) groups is 1. The van der Waals surface area contributed by atoms with E-state index in [0.29, 0.717) is 12.3 Å². The molecule has 1 atom stereocenters. The highest BCUT2D eigenvalue weighted by Gasteiger charge is 2.14. The average Bonchev–Trinajstić information content (AvgIpc) is 2.61. The van der Waals surface area contributed by atoms with Crippen LogP contribution in [0.3, 0.4) is 0 Å². The van der Waals surface area contributed by atoms with E-state index in [1.807, 2.05) is 67.6 Å². The van der Waals surface area contributed by atoms with Gasteiger partial charge in [0, 0.05) is 6.54 Å². The van der Waals surface area contributed by atoms with Gasteiger partial charge in [-0.25, -0.2) is 0 Å². The molecule has 3 aromatic carbocycles. The van der Waals surface area contributed by atoms with Crippen LogP contribution in [0, 0.1) is 6.92 Å². The molecule has 122 valence electrons. The summed E-state index contributed by atoms with van der Waals surface area (Å²) in [6, 6.07) is 22.0. The molecule has 3 nitrogen and oxygen atoms in total. The van der Waals surface area contributed by atoms with Gasteiger partial charge in [0.15, 0.2) is 6.10 Å². The zero-order valence-electron chi connectivity index (χ0n) is 14.0. The molecule has 0 aromatic heterocycles. The standard InChI is InChI=1S/C21H21NO2/c1-15-7-9-17(10-8-15)14-22-21(23)16(2)24-20-12-11-18-5-3-4-6-19(18)13-20/h3-13,16H,14H2,1-2H3,(H,22,23). The predicted octanol–water partition coefficient (Wildman–Crippen LogP) is 4.23. The summed E-state index contributed by atoms with van der Waals surface area (Å²) >= 11 is 0. The largest absolute Gasteiger partial charge is 0.481 e. The van der Waals surface area contributed by atoms with Crippen LogP contribution in [0.5, 0.6) is 5.75 Å². The molecule has 0 fully saturated rings. The van der Waals surface area contributed by atoms with Gasteiger partial charge in [-0.05, 0) is 42.3 Å². The summed E-state index contributed by atoms with van der Waals surface area (Å²) in [5, 5.41) is 5.16. The van der Waals surface area contributed by atoms with Gasteiger partial charge in [-0.3, -0.25) is 4.79 Å². The molecule has 3 rings (SSSR count). The van der Waals surface area contributed by atoms with Crippen LogP contribution >= 0.6 is 0 Å². The van der Waals surface area contributed by atoms with Crippen LogP contribution in [0.2, 0.25) is 0 Å². The van der Waals surface area contributed by atoms with Gasteiger partial charge in [-0.1, -0.05) is 60.2 Å². The third-order valence-corrected chi connectivity index (χ3v) is 3.99. The van der Waals surface area contributed by atoms with Crippen molar-refractivity contribution in [2.45, 2.75) is 26.5 Å². The van der Waals surface area contributed by atoms with Gasteiger partial charge >= 0.3 is 0 Å². The Hall–Kier alpha value is -2.81. The summed E-state index contributed by atoms with van der Waals surface area (Å²) in [6.07, 6.45) is -0.545. The predicted molar refractivity (Wildman–Crippen MR) is 97.1 cm³/mol. The minimum atomic E-state index is -0.545. The zero-order valence-corrected chi connectivity index (χ0v) is 14.0. The Bertz CT molecular complexity index is 840. The fourth-order valence-electron chi connectivity index (χ4n) is 2.54. The SMILES string of the molecule is Cc1ccc(CNC(=O)C(C)Oc2ccc3ccccc3c2)cc1. The molecule has 3 aromatic rings. The molecule has 3 heteroatoms. The van der Waals surface area contributed by atoms with E-state index in [9.17, 15) is 4.79 Å². The van der Waals surface area contributed by atoms with E-state index < -0.39 is 6.10 Å². The van der Waals surface area contributed by atoms with Crippen molar-refractivity contribution in [2.75, 3.05) is 0 Å². The maximum Gasteiger partial charge on any atom is 0.261 e. The van der Waals surface area contributed by atoms with Gasteiger partial charge in [0.25, 0.3) is 5.91 Å². The van der Waals surface area contributed by atoms with E-state index in [-0.39, 0.29) is 5.91 Å². The molecule has 0 aliphatic rings. The normalized spacial score (nSPS) is 11.9. The lowest BCUT2D eigenvalue weighted by Crippen LogP contribution is -2.35. The summed E-state index contributed by atoms with van der Waals surface area (Å²) in [6.45, 7) is 4.31. The van der Waals surface area contributed by atoms with Crippen molar-refractivity contribution in [2.24, 2.45) is 0 Å². The number of fused-ring (bicyclic) bond motifs is 1. The second-order valence-corrected chi connectivity index (χ2v) is 5.97. The molecule has 0 saturated heterocycles. The Labute approximate surface area is 142 Å². The van der Waals surface area contributed by atoms with E-state index in [1.54, 1.807) is 6.92 Å². The molecule has 0 bridgehead atoms. The maximum absolute atomic E-state index is 12.2. The number of hydrogen-bond acceptors (Lipinski definition) is 2. The van der Waals surface area contributed by atoms with E-state index >= 15 is 0 Å². The highest BCUT2D eigenvalue weighted by Crippen LogP contribution is 2.21. The fraction of sp³-hybridized carbons (Fsp3) is 0.190. The lowest BCUT2D eigenvalue weighted by atomic mass is 10.1. The molecule has 0 saturated carbocycles. The van der Waals surface area contributed by atoms with Crippen molar-refractivity contribution in [3.8, 4) is 5.75 Å². The van der Waals surface area contributed by atoms with Crippen molar-refractivity contribution in [1.29, 1.82) is 0 Å². The molecule has 1 amide bonds. The summed E-state index contributed by atoms with van der Waals surface area (Å²) in [5.41, 5.74) is 2.28. The van der Waals surface area contributed by atoms with Gasteiger partial charge in [0.2, 0.25) is 0 Å². The molecular weight excluding hydrogens is 298 g/mol. The Balaban J connectivity index is 1.59. The molecule has 1 N–H and O–H groups in total. The third-order valence-electron chi connectivity index (χ3n) is 3.99. The minimum absolute atomic E-state index is 0.122. The number of aryl methyl sites for hydroxylation is 1. The van der Waals surface area contributed by atoms with Gasteiger partial charge in [0.1, 0.15) is 5.75 Å². The third kappa shape index (κ3) is 3.93. The molecule has 0 aliphatic heterocycles. The summed E-state index contributed by atoms with van der Waals surface area (Å²) < 4.78 is 5.78. The molecule has 24 heavy (non-hydrogen) atoms. The number of benzene rings is 3. The smallest absolute Gasteiger partial charge is 0.261 e. The first-order chi connectivity index (χ1) is 11.6. The van der Waals surface area contributed by atoms with Gasteiger partial charge in [0.05, 0.1) is 0 Å². The first-order valence-electron chi connectivity index (χ1n) is 8.10. The number of hydrogen-bond donors (Lipinski definition) is 1. The number of rotatable bonds is 5. The molecule has 0 heterocycles. The van der Waals surface area contributed by atoms with Crippen LogP contribution in [0.1, 0.15) is 18.1 Å². The molecule has 1 unspecified atom stereocenters. The molecule has 0 aliphatic carbocycles. The lowest BCUT2D eigenvalue weighted by molar-refractivity contribution is -0.127. The van der Waals surface area contributed by atoms with Crippen LogP contribution in [-0.2, 0) is 11.3 Å². The van der Waals surface area contributed by atoms with E-state index in [2.05, 4.69) is 11.4 Å². The van der Waals surface area contributed by atoms with Crippen molar-refractivity contribution < 1.29 is 9.53 Å². The lowest BCUT2D eigenvalue weighted by Gasteiger charge is -2.15. The zero-order chi connectivity index (χ0) is 16.9. The van der Waals surface area contributed by atoms with Crippen molar-refractivity contribution >= 4 is 16.7 Å². The molecular formula is C21H21NO2. The number of amides is 1. The average molecular weight is 319 g/mol. The maximum atomic E-state index is 12.2. The minimum Gasteiger partial charge on any atom is -0.481 e. The quantitative estimate of drug-likeness (QED) is 0.764. The monoisotopic (exact) mass is 319 g/mol. The van der Waals surface area contributed by atoms with E-state index in [4.69, 9.17) is 4.74 Å². The van der Waals surface area contributed by atoms with E-state index in [1.165, 1.54) is 5.56 Å². The molecule has 0 radical (unpaired) electrons. The van der Waals surface area contributed by atoms with Crippen LogP contribution in [-0.4, -0.2) is 12.0 Å². The Morgan fingerprint density at radius 3 is 2.46 bits per heavy atom. The van der Waals surface area contributed by atoms with Crippen LogP contribution in [0.25, 0.3) is 10.8 Å². The van der Waals surface area contributed by atoms with Crippen LogP contribution in [0.15, 0.2) is 66.7 Å². The summed E-state index contributed by atoms with van der Waals surface area (Å²) in [7, 11) is 0. The van der Waals surface area contributed by atoms with Crippen molar-refractivity contribution in [1.82, 2.24) is 5.32 Å². The highest BCUT2D eigenvalue weighted by atomic mass is 16.5. The van der Waals surface area contributed by atoms with Crippen molar-refractivity contribution in [3.05, 3.63) is 77.9 Å². The van der Waals surface area contributed by atoms with Crippen molar-refractivity contribution in [3.63, 3.8) is 0 Å². The molecule has 0 spiro atoms. The number of carbonyl (C=O) groups excluding carboxylic acids is 1. The van der Waals surface area contributed by atoms with Gasteiger partial charge in [-0.2, -0.15) is 0 Å². The van der Waals surface area contributed by atoms with Gasteiger partial charge in [-0.15, -0.1) is 0 Å². The number of ether oxygens (including phenoxy) is 1. The summed E-state index contributed by atoms with van der Waals surface area (Å²) in [5.74, 6) is 0.579. The first kappa shape index (κ1) is 16.1. The number of nitrogens with one attached hydrogen (secondary N) is 1. The van der Waals surface area contributed by atoms with Crippen LogP contribution < -0.4 is 10.1 Å². The highest BCUT2D eigenvalue weighted by molar-refractivity contribution is 5.84. The Kier molecular flexibility index (Phi) is 4.80. The summed E-state index contributed by atoms with van der Waals surface area (Å²) in [4.78, 5) is 12.2. The Morgan fingerprint density at radius 1 is 1.00 bits per heavy atom. The topological polar surface area (TPSA) is 38.3 Å². The fourth-order valence-corrected chi connectivity index (χ4v) is 2.54. The van der Waals surface area contributed by atoms with E-state index in [0.717, 1.165) is 16.3 Å².